The third-order valence-electron chi connectivity index (χ3n) is 3.63. The minimum absolute atomic E-state index is 0.768. The van der Waals surface area contributed by atoms with Crippen LogP contribution in [0.25, 0.3) is 33.5 Å². The normalized spacial score (nSPS) is 11.2. The Hall–Kier alpha value is -3.02. The number of aryl methyl sites for hydroxylation is 2. The van der Waals surface area contributed by atoms with E-state index < -0.39 is 0 Å². The van der Waals surface area contributed by atoms with E-state index in [2.05, 4.69) is 25.3 Å². The van der Waals surface area contributed by atoms with Gasteiger partial charge in [0.05, 0.1) is 11.9 Å². The summed E-state index contributed by atoms with van der Waals surface area (Å²) in [6.45, 7) is 2.02. The first-order valence-electron chi connectivity index (χ1n) is 6.97. The third kappa shape index (κ3) is 1.96. The maximum Gasteiger partial charge on any atom is 0.155 e. The number of nitrogens with one attached hydrogen (secondary N) is 1. The first kappa shape index (κ1) is 12.7. The van der Waals surface area contributed by atoms with Crippen molar-refractivity contribution in [3.8, 4) is 22.5 Å². The van der Waals surface area contributed by atoms with Gasteiger partial charge in [-0.3, -0.25) is 14.8 Å². The van der Waals surface area contributed by atoms with Crippen molar-refractivity contribution in [2.24, 2.45) is 7.05 Å². The van der Waals surface area contributed by atoms with Crippen molar-refractivity contribution < 1.29 is 0 Å². The monoisotopic (exact) mass is 290 g/mol. The minimum Gasteiger partial charge on any atom is -0.274 e. The van der Waals surface area contributed by atoms with Gasteiger partial charge in [-0.05, 0) is 30.2 Å². The smallest absolute Gasteiger partial charge is 0.155 e. The molecule has 0 saturated carbocycles. The van der Waals surface area contributed by atoms with E-state index in [4.69, 9.17) is 0 Å². The van der Waals surface area contributed by atoms with Crippen molar-refractivity contribution in [2.45, 2.75) is 6.92 Å². The second-order valence-corrected chi connectivity index (χ2v) is 5.28. The number of aromatic amines is 1. The highest BCUT2D eigenvalue weighted by Gasteiger charge is 2.16. The van der Waals surface area contributed by atoms with Crippen molar-refractivity contribution in [3.63, 3.8) is 0 Å². The van der Waals surface area contributed by atoms with Crippen LogP contribution >= 0.6 is 0 Å². The number of rotatable bonds is 2. The Morgan fingerprint density at radius 3 is 2.77 bits per heavy atom. The summed E-state index contributed by atoms with van der Waals surface area (Å²) in [6.07, 6.45) is 7.42. The molecule has 0 saturated heterocycles. The van der Waals surface area contributed by atoms with Crippen LogP contribution in [0.1, 0.15) is 5.56 Å². The van der Waals surface area contributed by atoms with Crippen LogP contribution in [0.4, 0.5) is 0 Å². The number of nitrogens with zero attached hydrogens (tertiary/aromatic N) is 5. The summed E-state index contributed by atoms with van der Waals surface area (Å²) in [5.74, 6) is 0. The Balaban J connectivity index is 1.96. The lowest BCUT2D eigenvalue weighted by atomic mass is 10.0. The van der Waals surface area contributed by atoms with E-state index in [1.54, 1.807) is 17.1 Å². The van der Waals surface area contributed by atoms with Gasteiger partial charge in [0.1, 0.15) is 5.69 Å². The van der Waals surface area contributed by atoms with Crippen molar-refractivity contribution in [2.75, 3.05) is 0 Å². The predicted molar refractivity (Wildman–Crippen MR) is 84.1 cm³/mol. The SMILES string of the molecule is Cc1ccc(-c2nn(C)cc2-c2ccnc3[nH]ncc23)nc1. The molecule has 0 fully saturated rings. The van der Waals surface area contributed by atoms with Gasteiger partial charge in [0.15, 0.2) is 5.65 Å². The molecule has 0 spiro atoms. The molecule has 0 aromatic carbocycles. The molecule has 1 N–H and O–H groups in total. The Kier molecular flexibility index (Phi) is 2.75. The topological polar surface area (TPSA) is 72.3 Å². The molecule has 4 aromatic heterocycles. The summed E-state index contributed by atoms with van der Waals surface area (Å²) >= 11 is 0. The van der Waals surface area contributed by atoms with Gasteiger partial charge < -0.3 is 0 Å². The third-order valence-corrected chi connectivity index (χ3v) is 3.63. The van der Waals surface area contributed by atoms with Crippen LogP contribution < -0.4 is 0 Å². The Bertz CT molecular complexity index is 948. The molecule has 22 heavy (non-hydrogen) atoms. The van der Waals surface area contributed by atoms with E-state index >= 15 is 0 Å². The number of fused-ring (bicyclic) bond motifs is 1. The van der Waals surface area contributed by atoms with E-state index in [-0.39, 0.29) is 0 Å². The zero-order valence-electron chi connectivity index (χ0n) is 12.3. The van der Waals surface area contributed by atoms with E-state index in [1.165, 1.54) is 0 Å². The highest BCUT2D eigenvalue weighted by atomic mass is 15.3. The number of aromatic nitrogens is 6. The second kappa shape index (κ2) is 4.77. The van der Waals surface area contributed by atoms with Crippen LogP contribution in [0, 0.1) is 6.92 Å². The van der Waals surface area contributed by atoms with Crippen LogP contribution in [-0.4, -0.2) is 29.9 Å². The standard InChI is InChI=1S/C16H14N6/c1-10-3-4-14(18-7-10)15-13(9-22(2)21-15)11-5-6-17-16-12(11)8-19-20-16/h3-9H,1-2H3,(H,17,19,20). The summed E-state index contributed by atoms with van der Waals surface area (Å²) in [6, 6.07) is 6.02. The zero-order valence-corrected chi connectivity index (χ0v) is 12.3. The molecule has 0 aliphatic carbocycles. The van der Waals surface area contributed by atoms with Crippen molar-refractivity contribution in [1.82, 2.24) is 29.9 Å². The maximum absolute atomic E-state index is 4.58. The summed E-state index contributed by atoms with van der Waals surface area (Å²) < 4.78 is 1.80. The largest absolute Gasteiger partial charge is 0.274 e. The Labute approximate surface area is 126 Å². The van der Waals surface area contributed by atoms with Crippen LogP contribution in [0.3, 0.4) is 0 Å². The molecule has 4 heterocycles. The average molecular weight is 290 g/mol. The van der Waals surface area contributed by atoms with Gasteiger partial charge in [-0.15, -0.1) is 0 Å². The molecular weight excluding hydrogens is 276 g/mol. The van der Waals surface area contributed by atoms with Gasteiger partial charge in [-0.25, -0.2) is 4.98 Å². The fourth-order valence-electron chi connectivity index (χ4n) is 2.57. The second-order valence-electron chi connectivity index (χ2n) is 5.28. The number of pyridine rings is 2. The van der Waals surface area contributed by atoms with Gasteiger partial charge >= 0.3 is 0 Å². The van der Waals surface area contributed by atoms with Gasteiger partial charge in [-0.2, -0.15) is 10.2 Å². The van der Waals surface area contributed by atoms with Gasteiger partial charge in [0.2, 0.25) is 0 Å². The first-order valence-corrected chi connectivity index (χ1v) is 6.97. The molecule has 0 aliphatic heterocycles. The summed E-state index contributed by atoms with van der Waals surface area (Å²) in [4.78, 5) is 8.79. The van der Waals surface area contributed by atoms with Gasteiger partial charge in [-0.1, -0.05) is 6.07 Å². The molecule has 6 heteroatoms. The molecule has 4 aromatic rings. The predicted octanol–water partition coefficient (Wildman–Crippen LogP) is 2.73. The molecular formula is C16H14N6. The maximum atomic E-state index is 4.58. The fourth-order valence-corrected chi connectivity index (χ4v) is 2.57. The molecule has 0 unspecified atom stereocenters. The number of hydrogen-bond acceptors (Lipinski definition) is 4. The lowest BCUT2D eigenvalue weighted by Crippen LogP contribution is -1.90. The van der Waals surface area contributed by atoms with Crippen LogP contribution in [-0.2, 0) is 7.05 Å². The molecule has 6 nitrogen and oxygen atoms in total. The van der Waals surface area contributed by atoms with Crippen molar-refractivity contribution in [1.29, 1.82) is 0 Å². The van der Waals surface area contributed by atoms with E-state index in [0.717, 1.165) is 39.1 Å². The Morgan fingerprint density at radius 1 is 1.05 bits per heavy atom. The zero-order chi connectivity index (χ0) is 15.1. The van der Waals surface area contributed by atoms with E-state index in [9.17, 15) is 0 Å². The van der Waals surface area contributed by atoms with Crippen molar-refractivity contribution in [3.05, 3.63) is 48.5 Å². The van der Waals surface area contributed by atoms with Crippen molar-refractivity contribution >= 4 is 11.0 Å². The summed E-state index contributed by atoms with van der Waals surface area (Å²) in [5.41, 5.74) is 5.68. The molecule has 0 atom stereocenters. The fraction of sp³-hybridized carbons (Fsp3) is 0.125. The molecule has 108 valence electrons. The molecule has 0 aliphatic rings. The quantitative estimate of drug-likeness (QED) is 0.616. The average Bonchev–Trinajstić information content (AvgIpc) is 3.14. The lowest BCUT2D eigenvalue weighted by molar-refractivity contribution is 0.770. The highest BCUT2D eigenvalue weighted by molar-refractivity contribution is 5.95. The summed E-state index contributed by atoms with van der Waals surface area (Å²) in [7, 11) is 1.91. The Morgan fingerprint density at radius 2 is 1.95 bits per heavy atom. The van der Waals surface area contributed by atoms with E-state index in [1.807, 2.05) is 44.6 Å². The molecule has 0 amide bonds. The summed E-state index contributed by atoms with van der Waals surface area (Å²) in [5, 5.41) is 12.5. The number of H-pyrrole nitrogens is 1. The van der Waals surface area contributed by atoms with Crippen LogP contribution in [0.5, 0.6) is 0 Å². The van der Waals surface area contributed by atoms with Gasteiger partial charge in [0, 0.05) is 36.6 Å². The van der Waals surface area contributed by atoms with E-state index in [0.29, 0.717) is 0 Å². The molecule has 0 radical (unpaired) electrons. The van der Waals surface area contributed by atoms with Crippen LogP contribution in [0.15, 0.2) is 43.0 Å². The highest BCUT2D eigenvalue weighted by Crippen LogP contribution is 2.33. The molecule has 4 rings (SSSR count). The first-order chi connectivity index (χ1) is 10.7. The van der Waals surface area contributed by atoms with Gasteiger partial charge in [0.25, 0.3) is 0 Å². The number of hydrogen-bond donors (Lipinski definition) is 1. The lowest BCUT2D eigenvalue weighted by Gasteiger charge is -2.03. The van der Waals surface area contributed by atoms with Crippen LogP contribution in [0.2, 0.25) is 0 Å². The molecule has 0 bridgehead atoms. The minimum atomic E-state index is 0.768.